The normalized spacial score (nSPS) is 26.6. The molecule has 0 saturated heterocycles. The summed E-state index contributed by atoms with van der Waals surface area (Å²) in [7, 11) is 0. The van der Waals surface area contributed by atoms with Gasteiger partial charge in [0.2, 0.25) is 0 Å². The summed E-state index contributed by atoms with van der Waals surface area (Å²) >= 11 is 0. The number of nitrogens with one attached hydrogen (secondary N) is 1. The van der Waals surface area contributed by atoms with Crippen LogP contribution in [-0.2, 0) is 0 Å². The molecule has 2 nitrogen and oxygen atoms in total. The van der Waals surface area contributed by atoms with E-state index < -0.39 is 0 Å². The summed E-state index contributed by atoms with van der Waals surface area (Å²) in [6.45, 7) is 12.2. The van der Waals surface area contributed by atoms with Crippen LogP contribution in [0.3, 0.4) is 0 Å². The number of hydrogen-bond donors (Lipinski definition) is 2. The molecule has 2 heteroatoms. The quantitative estimate of drug-likeness (QED) is 0.774. The molecule has 1 fully saturated rings. The fourth-order valence-corrected chi connectivity index (χ4v) is 3.44. The highest BCUT2D eigenvalue weighted by Gasteiger charge is 2.38. The van der Waals surface area contributed by atoms with Gasteiger partial charge in [-0.05, 0) is 36.5 Å². The van der Waals surface area contributed by atoms with Gasteiger partial charge in [0, 0.05) is 12.6 Å². The van der Waals surface area contributed by atoms with Crippen LogP contribution in [-0.4, -0.2) is 23.8 Å². The van der Waals surface area contributed by atoms with Crippen molar-refractivity contribution in [1.82, 2.24) is 5.32 Å². The minimum atomic E-state index is -0.187. The van der Waals surface area contributed by atoms with E-state index in [2.05, 4.69) is 33.0 Å². The van der Waals surface area contributed by atoms with E-state index in [0.29, 0.717) is 16.9 Å². The predicted molar refractivity (Wildman–Crippen MR) is 69.5 cm³/mol. The van der Waals surface area contributed by atoms with Crippen molar-refractivity contribution in [2.75, 3.05) is 6.54 Å². The summed E-state index contributed by atoms with van der Waals surface area (Å²) in [6.07, 6.45) is 4.41. The van der Waals surface area contributed by atoms with Crippen LogP contribution < -0.4 is 5.32 Å². The SMILES string of the molecule is CCC(O)CNC1CC(C)(C)CC(C)(C)C1. The molecule has 1 unspecified atom stereocenters. The Balaban J connectivity index is 2.48. The largest absolute Gasteiger partial charge is 0.392 e. The van der Waals surface area contributed by atoms with Gasteiger partial charge in [-0.1, -0.05) is 34.6 Å². The summed E-state index contributed by atoms with van der Waals surface area (Å²) in [6, 6.07) is 0.569. The number of aliphatic hydroxyl groups excluding tert-OH is 1. The molecule has 0 bridgehead atoms. The molecule has 1 aliphatic rings. The van der Waals surface area contributed by atoms with E-state index in [1.807, 2.05) is 6.92 Å². The monoisotopic (exact) mass is 227 g/mol. The fourth-order valence-electron chi connectivity index (χ4n) is 3.44. The first-order valence-corrected chi connectivity index (χ1v) is 6.65. The van der Waals surface area contributed by atoms with Crippen molar-refractivity contribution in [3.05, 3.63) is 0 Å². The van der Waals surface area contributed by atoms with Gasteiger partial charge in [0.05, 0.1) is 6.10 Å². The van der Waals surface area contributed by atoms with Crippen LogP contribution in [0.15, 0.2) is 0 Å². The van der Waals surface area contributed by atoms with Gasteiger partial charge in [0.25, 0.3) is 0 Å². The molecule has 1 saturated carbocycles. The lowest BCUT2D eigenvalue weighted by Crippen LogP contribution is -2.45. The van der Waals surface area contributed by atoms with E-state index in [1.165, 1.54) is 19.3 Å². The van der Waals surface area contributed by atoms with Crippen molar-refractivity contribution in [2.24, 2.45) is 10.8 Å². The van der Waals surface area contributed by atoms with Crippen molar-refractivity contribution in [2.45, 2.75) is 72.4 Å². The highest BCUT2D eigenvalue weighted by Crippen LogP contribution is 2.45. The van der Waals surface area contributed by atoms with Gasteiger partial charge >= 0.3 is 0 Å². The van der Waals surface area contributed by atoms with E-state index in [0.717, 1.165) is 13.0 Å². The third-order valence-electron chi connectivity index (χ3n) is 3.67. The Kier molecular flexibility index (Phi) is 4.42. The molecule has 0 aromatic carbocycles. The summed E-state index contributed by atoms with van der Waals surface area (Å²) in [5.41, 5.74) is 0.854. The molecule has 96 valence electrons. The molecule has 1 aliphatic carbocycles. The maximum absolute atomic E-state index is 9.59. The lowest BCUT2D eigenvalue weighted by atomic mass is 9.63. The molecular formula is C14H29NO. The van der Waals surface area contributed by atoms with Gasteiger partial charge in [-0.2, -0.15) is 0 Å². The van der Waals surface area contributed by atoms with E-state index in [4.69, 9.17) is 0 Å². The van der Waals surface area contributed by atoms with E-state index in [1.54, 1.807) is 0 Å². The summed E-state index contributed by atoms with van der Waals surface area (Å²) in [5, 5.41) is 13.1. The maximum atomic E-state index is 9.59. The van der Waals surface area contributed by atoms with Crippen LogP contribution in [0.25, 0.3) is 0 Å². The van der Waals surface area contributed by atoms with Gasteiger partial charge in [-0.15, -0.1) is 0 Å². The molecule has 2 N–H and O–H groups in total. The average Bonchev–Trinajstić information content (AvgIpc) is 2.09. The van der Waals surface area contributed by atoms with Crippen molar-refractivity contribution in [3.63, 3.8) is 0 Å². The zero-order valence-corrected chi connectivity index (χ0v) is 11.6. The minimum absolute atomic E-state index is 0.187. The van der Waals surface area contributed by atoms with Crippen LogP contribution in [0.1, 0.15) is 60.3 Å². The Hall–Kier alpha value is -0.0800. The van der Waals surface area contributed by atoms with Gasteiger partial charge in [-0.25, -0.2) is 0 Å². The molecule has 0 spiro atoms. The second kappa shape index (κ2) is 5.05. The maximum Gasteiger partial charge on any atom is 0.0662 e. The third-order valence-corrected chi connectivity index (χ3v) is 3.67. The second-order valence-corrected chi connectivity index (χ2v) is 7.08. The zero-order chi connectivity index (χ0) is 12.4. The number of rotatable bonds is 4. The molecular weight excluding hydrogens is 198 g/mol. The molecule has 0 amide bonds. The second-order valence-electron chi connectivity index (χ2n) is 7.08. The van der Waals surface area contributed by atoms with E-state index >= 15 is 0 Å². The van der Waals surface area contributed by atoms with Crippen LogP contribution in [0, 0.1) is 10.8 Å². The van der Waals surface area contributed by atoms with Crippen molar-refractivity contribution >= 4 is 0 Å². The Bertz CT molecular complexity index is 207. The van der Waals surface area contributed by atoms with Gasteiger partial charge in [-0.3, -0.25) is 0 Å². The first-order valence-electron chi connectivity index (χ1n) is 6.65. The molecule has 1 atom stereocenters. The number of hydrogen-bond acceptors (Lipinski definition) is 2. The number of aliphatic hydroxyl groups is 1. The van der Waals surface area contributed by atoms with Crippen LogP contribution >= 0.6 is 0 Å². The standard InChI is InChI=1S/C14H29NO/c1-6-12(16)9-15-11-7-13(2,3)10-14(4,5)8-11/h11-12,15-16H,6-10H2,1-5H3. The highest BCUT2D eigenvalue weighted by atomic mass is 16.3. The predicted octanol–water partition coefficient (Wildman–Crippen LogP) is 2.95. The molecule has 0 radical (unpaired) electrons. The van der Waals surface area contributed by atoms with Crippen LogP contribution in [0.2, 0.25) is 0 Å². The highest BCUT2D eigenvalue weighted by molar-refractivity contribution is 4.92. The zero-order valence-electron chi connectivity index (χ0n) is 11.6. The molecule has 16 heavy (non-hydrogen) atoms. The first-order chi connectivity index (χ1) is 7.24. The molecule has 0 aromatic heterocycles. The average molecular weight is 227 g/mol. The molecule has 0 aromatic rings. The Morgan fingerprint density at radius 1 is 1.19 bits per heavy atom. The Morgan fingerprint density at radius 3 is 2.12 bits per heavy atom. The lowest BCUT2D eigenvalue weighted by molar-refractivity contribution is 0.0756. The van der Waals surface area contributed by atoms with E-state index in [9.17, 15) is 5.11 Å². The van der Waals surface area contributed by atoms with Crippen molar-refractivity contribution in [3.8, 4) is 0 Å². The van der Waals surface area contributed by atoms with E-state index in [-0.39, 0.29) is 6.10 Å². The van der Waals surface area contributed by atoms with Crippen LogP contribution in [0.5, 0.6) is 0 Å². The van der Waals surface area contributed by atoms with Crippen molar-refractivity contribution < 1.29 is 5.11 Å². The Morgan fingerprint density at radius 2 is 1.69 bits per heavy atom. The topological polar surface area (TPSA) is 32.3 Å². The third kappa shape index (κ3) is 4.42. The summed E-state index contributed by atoms with van der Waals surface area (Å²) < 4.78 is 0. The fraction of sp³-hybridized carbons (Fsp3) is 1.00. The first kappa shape index (κ1) is 14.0. The lowest BCUT2D eigenvalue weighted by Gasteiger charge is -2.45. The van der Waals surface area contributed by atoms with Gasteiger partial charge in [0.15, 0.2) is 0 Å². The molecule has 0 aliphatic heterocycles. The minimum Gasteiger partial charge on any atom is -0.392 e. The summed E-state index contributed by atoms with van der Waals surface area (Å²) in [5.74, 6) is 0. The molecule has 1 rings (SSSR count). The smallest absolute Gasteiger partial charge is 0.0662 e. The van der Waals surface area contributed by atoms with Gasteiger partial charge < -0.3 is 10.4 Å². The van der Waals surface area contributed by atoms with Crippen molar-refractivity contribution in [1.29, 1.82) is 0 Å². The Labute approximate surface area is 101 Å². The van der Waals surface area contributed by atoms with Gasteiger partial charge in [0.1, 0.15) is 0 Å². The summed E-state index contributed by atoms with van der Waals surface area (Å²) in [4.78, 5) is 0. The van der Waals surface area contributed by atoms with Crippen LogP contribution in [0.4, 0.5) is 0 Å². The molecule has 0 heterocycles.